The maximum Gasteiger partial charge on any atom is 0.262 e. The van der Waals surface area contributed by atoms with Gasteiger partial charge in [0.1, 0.15) is 16.9 Å². The fourth-order valence-corrected chi connectivity index (χ4v) is 5.22. The summed E-state index contributed by atoms with van der Waals surface area (Å²) in [6.45, 7) is -0.0875. The zero-order valence-corrected chi connectivity index (χ0v) is 14.8. The highest BCUT2D eigenvalue weighted by molar-refractivity contribution is 7.18. The van der Waals surface area contributed by atoms with Crippen molar-refractivity contribution in [1.82, 2.24) is 14.9 Å². The Hall–Kier alpha value is -2.20. The van der Waals surface area contributed by atoms with Gasteiger partial charge in [0.05, 0.1) is 17.8 Å². The van der Waals surface area contributed by atoms with E-state index in [2.05, 4.69) is 16.4 Å². The Labute approximate surface area is 149 Å². The molecule has 1 saturated carbocycles. The number of aryl methyl sites for hydroxylation is 2. The smallest absolute Gasteiger partial charge is 0.262 e. The second-order valence-corrected chi connectivity index (χ2v) is 8.10. The molecule has 2 aromatic rings. The lowest BCUT2D eigenvalue weighted by atomic mass is 9.97. The van der Waals surface area contributed by atoms with Gasteiger partial charge >= 0.3 is 0 Å². The van der Waals surface area contributed by atoms with Gasteiger partial charge in [-0.2, -0.15) is 5.26 Å². The summed E-state index contributed by atoms with van der Waals surface area (Å²) < 4.78 is 1.37. The van der Waals surface area contributed by atoms with Gasteiger partial charge in [0.15, 0.2) is 0 Å². The van der Waals surface area contributed by atoms with Crippen LogP contribution in [0.15, 0.2) is 11.1 Å². The van der Waals surface area contributed by atoms with Crippen LogP contribution in [0.3, 0.4) is 0 Å². The van der Waals surface area contributed by atoms with Crippen molar-refractivity contribution in [2.45, 2.75) is 63.5 Å². The van der Waals surface area contributed by atoms with Crippen LogP contribution in [0.2, 0.25) is 0 Å². The molecule has 0 bridgehead atoms. The molecular weight excluding hydrogens is 336 g/mol. The lowest BCUT2D eigenvalue weighted by Crippen LogP contribution is -2.47. The third-order valence-corrected chi connectivity index (χ3v) is 6.51. The summed E-state index contributed by atoms with van der Waals surface area (Å²) in [5.41, 5.74) is 0.222. The highest BCUT2D eigenvalue weighted by atomic mass is 32.1. The normalized spacial score (nSPS) is 18.7. The molecule has 1 fully saturated rings. The van der Waals surface area contributed by atoms with Crippen molar-refractivity contribution in [2.75, 3.05) is 0 Å². The molecule has 2 heterocycles. The van der Waals surface area contributed by atoms with E-state index in [9.17, 15) is 14.9 Å². The molecule has 0 aliphatic heterocycles. The number of nitriles is 1. The molecule has 1 amide bonds. The fourth-order valence-electron chi connectivity index (χ4n) is 4.00. The maximum atomic E-state index is 12.9. The first kappa shape index (κ1) is 16.3. The van der Waals surface area contributed by atoms with E-state index in [1.165, 1.54) is 15.8 Å². The van der Waals surface area contributed by atoms with Crippen LogP contribution in [0.25, 0.3) is 10.2 Å². The van der Waals surface area contributed by atoms with E-state index in [0.29, 0.717) is 18.2 Å². The second-order valence-electron chi connectivity index (χ2n) is 7.02. The number of hydrogen-bond acceptors (Lipinski definition) is 5. The molecule has 0 atom stereocenters. The van der Waals surface area contributed by atoms with Crippen LogP contribution in [0.4, 0.5) is 0 Å². The Morgan fingerprint density at radius 1 is 1.32 bits per heavy atom. The Morgan fingerprint density at radius 3 is 2.84 bits per heavy atom. The molecule has 2 aliphatic carbocycles. The van der Waals surface area contributed by atoms with Gasteiger partial charge in [-0.1, -0.05) is 0 Å². The number of thiophene rings is 1. The van der Waals surface area contributed by atoms with Crippen LogP contribution in [0.1, 0.15) is 49.0 Å². The zero-order valence-electron chi connectivity index (χ0n) is 14.0. The number of nitrogens with one attached hydrogen (secondary N) is 1. The van der Waals surface area contributed by atoms with Gasteiger partial charge in [0.2, 0.25) is 5.91 Å². The zero-order chi connectivity index (χ0) is 17.4. The summed E-state index contributed by atoms with van der Waals surface area (Å²) in [5.74, 6) is -0.296. The minimum absolute atomic E-state index is 0.0875. The van der Waals surface area contributed by atoms with Gasteiger partial charge < -0.3 is 5.32 Å². The first-order valence-corrected chi connectivity index (χ1v) is 9.65. The van der Waals surface area contributed by atoms with E-state index in [4.69, 9.17) is 0 Å². The molecule has 1 N–H and O–H groups in total. The van der Waals surface area contributed by atoms with Gasteiger partial charge in [-0.25, -0.2) is 4.98 Å². The first-order valence-electron chi connectivity index (χ1n) is 8.84. The largest absolute Gasteiger partial charge is 0.336 e. The summed E-state index contributed by atoms with van der Waals surface area (Å²) >= 11 is 1.60. The molecule has 25 heavy (non-hydrogen) atoms. The fraction of sp³-hybridized carbons (Fsp3) is 0.556. The summed E-state index contributed by atoms with van der Waals surface area (Å²) in [4.78, 5) is 31.7. The van der Waals surface area contributed by atoms with Crippen LogP contribution in [0.5, 0.6) is 0 Å². The molecule has 0 saturated heterocycles. The highest BCUT2D eigenvalue weighted by Gasteiger charge is 2.35. The van der Waals surface area contributed by atoms with Gasteiger partial charge in [0.25, 0.3) is 5.56 Å². The summed E-state index contributed by atoms with van der Waals surface area (Å²) in [6, 6.07) is 2.24. The van der Waals surface area contributed by atoms with Gasteiger partial charge in [-0.05, 0) is 56.9 Å². The van der Waals surface area contributed by atoms with E-state index in [-0.39, 0.29) is 18.0 Å². The number of amides is 1. The average Bonchev–Trinajstić information content (AvgIpc) is 3.22. The third-order valence-electron chi connectivity index (χ3n) is 5.31. The molecule has 7 heteroatoms. The molecule has 0 aromatic carbocycles. The quantitative estimate of drug-likeness (QED) is 0.914. The number of nitrogens with zero attached hydrogens (tertiary/aromatic N) is 3. The van der Waals surface area contributed by atoms with E-state index >= 15 is 0 Å². The Balaban J connectivity index is 1.62. The minimum Gasteiger partial charge on any atom is -0.336 e. The maximum absolute atomic E-state index is 12.9. The van der Waals surface area contributed by atoms with Gasteiger partial charge in [-0.15, -0.1) is 11.3 Å². The Kier molecular flexibility index (Phi) is 4.08. The molecule has 0 unspecified atom stereocenters. The van der Waals surface area contributed by atoms with Crippen LogP contribution in [0, 0.1) is 11.3 Å². The summed E-state index contributed by atoms with van der Waals surface area (Å²) in [6.07, 6.45) is 8.90. The van der Waals surface area contributed by atoms with E-state index in [0.717, 1.165) is 48.9 Å². The third kappa shape index (κ3) is 2.85. The Morgan fingerprint density at radius 2 is 2.08 bits per heavy atom. The molecule has 4 rings (SSSR count). The molecule has 2 aromatic heterocycles. The predicted octanol–water partition coefficient (Wildman–Crippen LogP) is 2.29. The lowest BCUT2D eigenvalue weighted by Gasteiger charge is -2.22. The summed E-state index contributed by atoms with van der Waals surface area (Å²) in [7, 11) is 0. The van der Waals surface area contributed by atoms with Crippen molar-refractivity contribution >= 4 is 27.5 Å². The van der Waals surface area contributed by atoms with Gasteiger partial charge in [-0.3, -0.25) is 14.2 Å². The molecular formula is C18H20N4O2S. The average molecular weight is 356 g/mol. The number of carbonyl (C=O) groups excluding carboxylic acids is 1. The number of hydrogen-bond donors (Lipinski definition) is 1. The number of rotatable bonds is 3. The molecule has 0 spiro atoms. The van der Waals surface area contributed by atoms with Crippen molar-refractivity contribution in [1.29, 1.82) is 5.26 Å². The SMILES string of the molecule is N#CC1(NC(=O)Cn2cnc3sc4c(c3c2=O)CCCC4)CCCC1. The molecule has 130 valence electrons. The van der Waals surface area contributed by atoms with Crippen molar-refractivity contribution in [3.63, 3.8) is 0 Å². The van der Waals surface area contributed by atoms with E-state index in [1.54, 1.807) is 11.3 Å². The Bertz CT molecular complexity index is 931. The monoisotopic (exact) mass is 356 g/mol. The highest BCUT2D eigenvalue weighted by Crippen LogP contribution is 2.33. The summed E-state index contributed by atoms with van der Waals surface area (Å²) in [5, 5.41) is 12.9. The topological polar surface area (TPSA) is 87.8 Å². The number of fused-ring (bicyclic) bond motifs is 3. The van der Waals surface area contributed by atoms with Crippen LogP contribution in [-0.4, -0.2) is 21.0 Å². The van der Waals surface area contributed by atoms with Crippen LogP contribution in [-0.2, 0) is 24.2 Å². The molecule has 2 aliphatic rings. The lowest BCUT2D eigenvalue weighted by molar-refractivity contribution is -0.123. The number of aromatic nitrogens is 2. The number of carbonyl (C=O) groups is 1. The minimum atomic E-state index is -0.764. The second kappa shape index (κ2) is 6.26. The predicted molar refractivity (Wildman–Crippen MR) is 95.5 cm³/mol. The molecule has 6 nitrogen and oxygen atoms in total. The van der Waals surface area contributed by atoms with Crippen molar-refractivity contribution in [2.24, 2.45) is 0 Å². The van der Waals surface area contributed by atoms with Gasteiger partial charge in [0, 0.05) is 4.88 Å². The molecule has 0 radical (unpaired) electrons. The van der Waals surface area contributed by atoms with E-state index in [1.807, 2.05) is 0 Å². The van der Waals surface area contributed by atoms with Crippen molar-refractivity contribution < 1.29 is 4.79 Å². The van der Waals surface area contributed by atoms with Crippen LogP contribution < -0.4 is 10.9 Å². The van der Waals surface area contributed by atoms with Crippen molar-refractivity contribution in [3.8, 4) is 6.07 Å². The standard InChI is InChI=1S/C18H20N4O2S/c19-10-18(7-3-4-8-18)21-14(23)9-22-11-20-16-15(17(22)24)12-5-1-2-6-13(12)25-16/h11H,1-9H2,(H,21,23). The first-order chi connectivity index (χ1) is 12.1. The van der Waals surface area contributed by atoms with E-state index < -0.39 is 5.54 Å². The van der Waals surface area contributed by atoms with Crippen LogP contribution >= 0.6 is 11.3 Å². The van der Waals surface area contributed by atoms with Crippen molar-refractivity contribution in [3.05, 3.63) is 27.1 Å².